The van der Waals surface area contributed by atoms with E-state index in [1.54, 1.807) is 7.11 Å². The highest BCUT2D eigenvalue weighted by atomic mass is 17.2. The Morgan fingerprint density at radius 1 is 1.06 bits per heavy atom. The fourth-order valence-corrected chi connectivity index (χ4v) is 2.96. The van der Waals surface area contributed by atoms with E-state index in [0.29, 0.717) is 0 Å². The van der Waals surface area contributed by atoms with Gasteiger partial charge in [-0.15, -0.1) is 0 Å². The predicted octanol–water partition coefficient (Wildman–Crippen LogP) is 2.61. The maximum Gasteiger partial charge on any atom is 0.198 e. The first-order valence-corrected chi connectivity index (χ1v) is 6.38. The molecule has 0 aromatic carbocycles. The van der Waals surface area contributed by atoms with Crippen molar-refractivity contribution in [1.29, 1.82) is 0 Å². The number of fused-ring (bicyclic) bond motifs is 1. The van der Waals surface area contributed by atoms with Crippen LogP contribution in [0.2, 0.25) is 0 Å². The molecular weight excluding hydrogens is 220 g/mol. The van der Waals surface area contributed by atoms with Gasteiger partial charge in [0.15, 0.2) is 17.7 Å². The molecule has 0 spiro atoms. The van der Waals surface area contributed by atoms with Crippen molar-refractivity contribution in [3.05, 3.63) is 0 Å². The summed E-state index contributed by atoms with van der Waals surface area (Å²) in [6.45, 7) is 3.98. The van der Waals surface area contributed by atoms with Gasteiger partial charge in [0.05, 0.1) is 0 Å². The summed E-state index contributed by atoms with van der Waals surface area (Å²) < 4.78 is 5.34. The summed E-state index contributed by atoms with van der Waals surface area (Å²) in [5.41, 5.74) is -0.926. The molecule has 1 aliphatic heterocycles. The number of hydrogen-bond acceptors (Lipinski definition) is 4. The molecule has 0 aromatic rings. The lowest BCUT2D eigenvalue weighted by molar-refractivity contribution is -0.451. The van der Waals surface area contributed by atoms with Crippen LogP contribution in [0.25, 0.3) is 0 Å². The quantitative estimate of drug-likeness (QED) is 0.551. The Balaban J connectivity index is 2.29. The number of rotatable bonds is 2. The van der Waals surface area contributed by atoms with Crippen molar-refractivity contribution < 1.29 is 19.3 Å². The third kappa shape index (κ3) is 2.02. The van der Waals surface area contributed by atoms with Crippen molar-refractivity contribution in [1.82, 2.24) is 0 Å². The van der Waals surface area contributed by atoms with Gasteiger partial charge in [0, 0.05) is 18.9 Å². The lowest BCUT2D eigenvalue weighted by Crippen LogP contribution is -2.51. The maximum absolute atomic E-state index is 11.5. The van der Waals surface area contributed by atoms with Crippen LogP contribution in [0.15, 0.2) is 0 Å². The van der Waals surface area contributed by atoms with Crippen molar-refractivity contribution in [2.45, 2.75) is 63.8 Å². The Hall–Kier alpha value is -0.450. The van der Waals surface area contributed by atoms with Crippen LogP contribution in [0.5, 0.6) is 0 Å². The van der Waals surface area contributed by atoms with Crippen molar-refractivity contribution in [2.24, 2.45) is 5.41 Å². The van der Waals surface area contributed by atoms with Gasteiger partial charge in [-0.25, -0.2) is 9.78 Å². The van der Waals surface area contributed by atoms with Gasteiger partial charge in [-0.3, -0.25) is 4.79 Å². The van der Waals surface area contributed by atoms with Crippen LogP contribution in [0.1, 0.15) is 52.4 Å². The van der Waals surface area contributed by atoms with Gasteiger partial charge >= 0.3 is 0 Å². The molecule has 1 aliphatic carbocycles. The third-order valence-electron chi connectivity index (χ3n) is 4.67. The fourth-order valence-electron chi connectivity index (χ4n) is 2.96. The van der Waals surface area contributed by atoms with E-state index < -0.39 is 11.4 Å². The lowest BCUT2D eigenvalue weighted by Gasteiger charge is -2.45. The van der Waals surface area contributed by atoms with E-state index in [1.807, 2.05) is 6.92 Å². The largest absolute Gasteiger partial charge is 0.351 e. The second kappa shape index (κ2) is 4.34. The van der Waals surface area contributed by atoms with Gasteiger partial charge in [-0.1, -0.05) is 13.3 Å². The molecule has 17 heavy (non-hydrogen) atoms. The molecule has 2 aliphatic rings. The molecule has 1 unspecified atom stereocenters. The summed E-state index contributed by atoms with van der Waals surface area (Å²) in [7, 11) is 1.61. The molecule has 3 atom stereocenters. The summed E-state index contributed by atoms with van der Waals surface area (Å²) in [6.07, 6.45) is 6.49. The Bertz CT molecular complexity index is 306. The van der Waals surface area contributed by atoms with Gasteiger partial charge in [0.1, 0.15) is 0 Å². The zero-order chi connectivity index (χ0) is 12.6. The molecule has 0 amide bonds. The zero-order valence-corrected chi connectivity index (χ0v) is 11.0. The van der Waals surface area contributed by atoms with Gasteiger partial charge in [-0.2, -0.15) is 0 Å². The monoisotopic (exact) mass is 242 g/mol. The Morgan fingerprint density at radius 3 is 2.41 bits per heavy atom. The second-order valence-corrected chi connectivity index (χ2v) is 5.78. The molecule has 98 valence electrons. The van der Waals surface area contributed by atoms with E-state index >= 15 is 0 Å². The number of methoxy groups -OCH3 is 1. The molecule has 1 saturated carbocycles. The molecule has 0 N–H and O–H groups in total. The van der Waals surface area contributed by atoms with E-state index in [2.05, 4.69) is 6.92 Å². The first-order chi connectivity index (χ1) is 7.99. The summed E-state index contributed by atoms with van der Waals surface area (Å²) in [5.74, 6) is -0.740. The van der Waals surface area contributed by atoms with Gasteiger partial charge < -0.3 is 4.74 Å². The normalized spacial score (nSPS) is 47.0. The van der Waals surface area contributed by atoms with Crippen molar-refractivity contribution in [3.63, 3.8) is 0 Å². The fraction of sp³-hybridized carbons (Fsp3) is 0.923. The number of carbonyl (C=O) groups is 1. The average Bonchev–Trinajstić information content (AvgIpc) is 2.47. The predicted molar refractivity (Wildman–Crippen MR) is 62.2 cm³/mol. The molecule has 1 heterocycles. The maximum atomic E-state index is 11.5. The number of ether oxygens (including phenoxy) is 1. The summed E-state index contributed by atoms with van der Waals surface area (Å²) in [6, 6.07) is 0. The molecule has 2 rings (SSSR count). The molecular formula is C13H22O4. The van der Waals surface area contributed by atoms with Gasteiger partial charge in [-0.05, 0) is 32.6 Å². The summed E-state index contributed by atoms with van der Waals surface area (Å²) >= 11 is 0. The van der Waals surface area contributed by atoms with Crippen LogP contribution >= 0.6 is 0 Å². The summed E-state index contributed by atoms with van der Waals surface area (Å²) in [5, 5.41) is 0. The van der Waals surface area contributed by atoms with Crippen LogP contribution in [-0.2, 0) is 19.3 Å². The van der Waals surface area contributed by atoms with E-state index in [-0.39, 0.29) is 5.41 Å². The first-order valence-electron chi connectivity index (χ1n) is 6.38. The van der Waals surface area contributed by atoms with Crippen LogP contribution < -0.4 is 0 Å². The molecule has 1 saturated heterocycles. The smallest absolute Gasteiger partial charge is 0.198 e. The van der Waals surface area contributed by atoms with Gasteiger partial charge in [0.2, 0.25) is 0 Å². The highest BCUT2D eigenvalue weighted by molar-refractivity contribution is 5.64. The Labute approximate surface area is 103 Å². The van der Waals surface area contributed by atoms with E-state index in [4.69, 9.17) is 14.5 Å². The van der Waals surface area contributed by atoms with Crippen molar-refractivity contribution in [2.75, 3.05) is 7.11 Å². The van der Waals surface area contributed by atoms with E-state index in [1.165, 1.54) is 0 Å². The van der Waals surface area contributed by atoms with Crippen LogP contribution in [0.3, 0.4) is 0 Å². The minimum atomic E-state index is -0.790. The Morgan fingerprint density at radius 2 is 1.76 bits per heavy atom. The number of aldehydes is 1. The van der Waals surface area contributed by atoms with Gasteiger partial charge in [0.25, 0.3) is 0 Å². The van der Waals surface area contributed by atoms with Crippen LogP contribution in [0.4, 0.5) is 0 Å². The minimum Gasteiger partial charge on any atom is -0.351 e. The van der Waals surface area contributed by atoms with Crippen LogP contribution in [0, 0.1) is 5.41 Å². The highest BCUT2D eigenvalue weighted by Crippen LogP contribution is 2.52. The molecule has 0 bridgehead atoms. The molecule has 0 aromatic heterocycles. The minimum absolute atomic E-state index is 0.136. The molecule has 2 fully saturated rings. The second-order valence-electron chi connectivity index (χ2n) is 5.78. The topological polar surface area (TPSA) is 44.8 Å². The standard InChI is InChI=1S/C13H22O4/c1-11-6-4-5-7-13(11,10-14)17-16-12(2,15-3)9-8-11/h10H,4-9H2,1-3H3/t11-,12?,13-/m1/s1. The Kier molecular flexibility index (Phi) is 3.31. The lowest BCUT2D eigenvalue weighted by atomic mass is 9.62. The summed E-state index contributed by atoms with van der Waals surface area (Å²) in [4.78, 5) is 22.5. The van der Waals surface area contributed by atoms with Crippen LogP contribution in [-0.4, -0.2) is 24.8 Å². The number of hydrogen-bond donors (Lipinski definition) is 0. The molecule has 0 radical (unpaired) electrons. The zero-order valence-electron chi connectivity index (χ0n) is 11.0. The van der Waals surface area contributed by atoms with E-state index in [0.717, 1.165) is 44.8 Å². The van der Waals surface area contributed by atoms with E-state index in [9.17, 15) is 4.79 Å². The van der Waals surface area contributed by atoms with Crippen molar-refractivity contribution >= 4 is 6.29 Å². The third-order valence-corrected chi connectivity index (χ3v) is 4.67. The SMILES string of the molecule is COC1(C)CC[C@@]2(C)CCCC[C@]2(C=O)OO1. The molecule has 4 heteroatoms. The first kappa shape index (κ1) is 13.0. The average molecular weight is 242 g/mol. The van der Waals surface area contributed by atoms with Crippen molar-refractivity contribution in [3.8, 4) is 0 Å². The highest BCUT2D eigenvalue weighted by Gasteiger charge is 2.55. The number of carbonyl (C=O) groups excluding carboxylic acids is 1. The molecule has 4 nitrogen and oxygen atoms in total.